The SMILES string of the molecule is O=C(Nc1ccc2c(c1)OCO2)c1sc2cccc(Cl)c2c1Cl. The lowest BCUT2D eigenvalue weighted by atomic mass is 10.2. The molecule has 2 aromatic carbocycles. The number of carbonyl (C=O) groups excluding carboxylic acids is 1. The Hall–Kier alpha value is -1.95. The number of rotatable bonds is 2. The van der Waals surface area contributed by atoms with Gasteiger partial charge in [-0.25, -0.2) is 0 Å². The van der Waals surface area contributed by atoms with Crippen LogP contribution in [0.5, 0.6) is 11.5 Å². The van der Waals surface area contributed by atoms with Crippen LogP contribution in [-0.4, -0.2) is 12.7 Å². The molecule has 2 heterocycles. The highest BCUT2D eigenvalue weighted by Crippen LogP contribution is 2.40. The zero-order valence-corrected chi connectivity index (χ0v) is 13.9. The largest absolute Gasteiger partial charge is 0.454 e. The number of carbonyl (C=O) groups is 1. The van der Waals surface area contributed by atoms with E-state index in [1.165, 1.54) is 11.3 Å². The molecule has 0 fully saturated rings. The molecule has 1 aliphatic rings. The molecule has 23 heavy (non-hydrogen) atoms. The molecule has 1 amide bonds. The quantitative estimate of drug-likeness (QED) is 0.679. The number of nitrogens with one attached hydrogen (secondary N) is 1. The van der Waals surface area contributed by atoms with Crippen molar-refractivity contribution >= 4 is 56.2 Å². The van der Waals surface area contributed by atoms with Gasteiger partial charge in [0.15, 0.2) is 11.5 Å². The highest BCUT2D eigenvalue weighted by Gasteiger charge is 2.20. The first-order chi connectivity index (χ1) is 11.1. The van der Waals surface area contributed by atoms with Crippen LogP contribution in [0.1, 0.15) is 9.67 Å². The molecule has 116 valence electrons. The van der Waals surface area contributed by atoms with Gasteiger partial charge < -0.3 is 14.8 Å². The molecule has 0 saturated heterocycles. The van der Waals surface area contributed by atoms with E-state index in [1.807, 2.05) is 12.1 Å². The van der Waals surface area contributed by atoms with Crippen LogP contribution in [-0.2, 0) is 0 Å². The number of hydrogen-bond acceptors (Lipinski definition) is 4. The zero-order chi connectivity index (χ0) is 16.0. The van der Waals surface area contributed by atoms with Crippen molar-refractivity contribution in [3.63, 3.8) is 0 Å². The number of amides is 1. The summed E-state index contributed by atoms with van der Waals surface area (Å²) in [5.41, 5.74) is 0.610. The maximum absolute atomic E-state index is 12.5. The van der Waals surface area contributed by atoms with Gasteiger partial charge in [-0.05, 0) is 24.3 Å². The van der Waals surface area contributed by atoms with Gasteiger partial charge in [0.2, 0.25) is 6.79 Å². The second kappa shape index (κ2) is 5.60. The molecule has 1 N–H and O–H groups in total. The van der Waals surface area contributed by atoms with Crippen LogP contribution < -0.4 is 14.8 Å². The van der Waals surface area contributed by atoms with Crippen molar-refractivity contribution in [1.82, 2.24) is 0 Å². The Morgan fingerprint density at radius 2 is 1.96 bits per heavy atom. The second-order valence-corrected chi connectivity index (χ2v) is 6.72. The number of benzene rings is 2. The molecule has 0 aliphatic carbocycles. The van der Waals surface area contributed by atoms with Gasteiger partial charge in [-0.15, -0.1) is 11.3 Å². The molecule has 1 aromatic heterocycles. The van der Waals surface area contributed by atoms with E-state index in [2.05, 4.69) is 5.32 Å². The topological polar surface area (TPSA) is 47.6 Å². The normalized spacial score (nSPS) is 12.6. The molecule has 0 bridgehead atoms. The Kier molecular flexibility index (Phi) is 3.56. The molecule has 0 atom stereocenters. The smallest absolute Gasteiger partial charge is 0.267 e. The fourth-order valence-corrected chi connectivity index (χ4v) is 4.23. The standard InChI is InChI=1S/C16H9Cl2NO3S/c17-9-2-1-3-12-13(9)14(18)15(23-12)16(20)19-8-4-5-10-11(6-8)22-7-21-10/h1-6H,7H2,(H,19,20). The van der Waals surface area contributed by atoms with Crippen molar-refractivity contribution in [1.29, 1.82) is 0 Å². The van der Waals surface area contributed by atoms with Crippen LogP contribution in [0.3, 0.4) is 0 Å². The first-order valence-electron chi connectivity index (χ1n) is 6.71. The van der Waals surface area contributed by atoms with Crippen molar-refractivity contribution in [3.05, 3.63) is 51.3 Å². The Bertz CT molecular complexity index is 938. The van der Waals surface area contributed by atoms with E-state index in [1.54, 1.807) is 24.3 Å². The summed E-state index contributed by atoms with van der Waals surface area (Å²) in [5, 5.41) is 4.43. The average molecular weight is 366 g/mol. The van der Waals surface area contributed by atoms with Gasteiger partial charge in [0.05, 0.1) is 10.0 Å². The lowest BCUT2D eigenvalue weighted by Crippen LogP contribution is -2.10. The van der Waals surface area contributed by atoms with Gasteiger partial charge in [-0.1, -0.05) is 29.3 Å². The van der Waals surface area contributed by atoms with Crippen LogP contribution in [0.4, 0.5) is 5.69 Å². The first kappa shape index (κ1) is 14.6. The molecule has 1 aliphatic heterocycles. The molecule has 4 nitrogen and oxygen atoms in total. The number of hydrogen-bond donors (Lipinski definition) is 1. The Morgan fingerprint density at radius 1 is 1.13 bits per heavy atom. The lowest BCUT2D eigenvalue weighted by molar-refractivity contribution is 0.103. The molecule has 0 unspecified atom stereocenters. The molecule has 7 heteroatoms. The highest BCUT2D eigenvalue weighted by molar-refractivity contribution is 7.21. The predicted molar refractivity (Wildman–Crippen MR) is 92.4 cm³/mol. The average Bonchev–Trinajstić information content (AvgIpc) is 3.12. The van der Waals surface area contributed by atoms with Gasteiger partial charge in [0, 0.05) is 21.8 Å². The van der Waals surface area contributed by atoms with E-state index in [0.29, 0.717) is 37.5 Å². The van der Waals surface area contributed by atoms with Crippen LogP contribution in [0.15, 0.2) is 36.4 Å². The number of ether oxygens (including phenoxy) is 2. The Balaban J connectivity index is 1.67. The van der Waals surface area contributed by atoms with Crippen molar-refractivity contribution in [2.24, 2.45) is 0 Å². The molecule has 0 spiro atoms. The number of fused-ring (bicyclic) bond motifs is 2. The number of anilines is 1. The van der Waals surface area contributed by atoms with Crippen LogP contribution in [0.25, 0.3) is 10.1 Å². The molecule has 3 aromatic rings. The summed E-state index contributed by atoms with van der Waals surface area (Å²) < 4.78 is 11.4. The monoisotopic (exact) mass is 365 g/mol. The lowest BCUT2D eigenvalue weighted by Gasteiger charge is -2.05. The van der Waals surface area contributed by atoms with Gasteiger partial charge in [-0.2, -0.15) is 0 Å². The van der Waals surface area contributed by atoms with Gasteiger partial charge in [0.25, 0.3) is 5.91 Å². The summed E-state index contributed by atoms with van der Waals surface area (Å²) in [4.78, 5) is 12.9. The van der Waals surface area contributed by atoms with Crippen molar-refractivity contribution in [2.75, 3.05) is 12.1 Å². The summed E-state index contributed by atoms with van der Waals surface area (Å²) >= 11 is 13.8. The van der Waals surface area contributed by atoms with Crippen LogP contribution >= 0.6 is 34.5 Å². The minimum absolute atomic E-state index is 0.188. The van der Waals surface area contributed by atoms with E-state index in [9.17, 15) is 4.79 Å². The summed E-state index contributed by atoms with van der Waals surface area (Å²) in [6.45, 7) is 0.188. The van der Waals surface area contributed by atoms with E-state index >= 15 is 0 Å². The molecule has 0 radical (unpaired) electrons. The Morgan fingerprint density at radius 3 is 2.78 bits per heavy atom. The molecular formula is C16H9Cl2NO3S. The van der Waals surface area contributed by atoms with E-state index in [-0.39, 0.29) is 12.7 Å². The highest BCUT2D eigenvalue weighted by atomic mass is 35.5. The van der Waals surface area contributed by atoms with Gasteiger partial charge in [-0.3, -0.25) is 4.79 Å². The third-order valence-electron chi connectivity index (χ3n) is 3.44. The molecule has 4 rings (SSSR count). The number of halogens is 2. The van der Waals surface area contributed by atoms with Gasteiger partial charge >= 0.3 is 0 Å². The summed E-state index contributed by atoms with van der Waals surface area (Å²) in [7, 11) is 0. The first-order valence-corrected chi connectivity index (χ1v) is 8.28. The van der Waals surface area contributed by atoms with E-state index < -0.39 is 0 Å². The minimum atomic E-state index is -0.286. The van der Waals surface area contributed by atoms with Crippen molar-refractivity contribution in [2.45, 2.75) is 0 Å². The van der Waals surface area contributed by atoms with Crippen molar-refractivity contribution < 1.29 is 14.3 Å². The maximum Gasteiger partial charge on any atom is 0.267 e. The fraction of sp³-hybridized carbons (Fsp3) is 0.0625. The fourth-order valence-electron chi connectivity index (χ4n) is 2.38. The predicted octanol–water partition coefficient (Wildman–Crippen LogP) is 5.19. The zero-order valence-electron chi connectivity index (χ0n) is 11.6. The van der Waals surface area contributed by atoms with Crippen molar-refractivity contribution in [3.8, 4) is 11.5 Å². The minimum Gasteiger partial charge on any atom is -0.454 e. The second-order valence-electron chi connectivity index (χ2n) is 4.88. The van der Waals surface area contributed by atoms with Crippen LogP contribution in [0, 0.1) is 0 Å². The van der Waals surface area contributed by atoms with Crippen LogP contribution in [0.2, 0.25) is 10.0 Å². The third-order valence-corrected chi connectivity index (χ3v) is 5.40. The summed E-state index contributed by atoms with van der Waals surface area (Å²) in [6, 6.07) is 10.7. The maximum atomic E-state index is 12.5. The summed E-state index contributed by atoms with van der Waals surface area (Å²) in [6.07, 6.45) is 0. The van der Waals surface area contributed by atoms with E-state index in [0.717, 1.165) is 4.70 Å². The molecular weight excluding hydrogens is 357 g/mol. The Labute approximate surface area is 145 Å². The molecule has 0 saturated carbocycles. The van der Waals surface area contributed by atoms with Gasteiger partial charge in [0.1, 0.15) is 4.88 Å². The van der Waals surface area contributed by atoms with E-state index in [4.69, 9.17) is 32.7 Å². The third kappa shape index (κ3) is 2.51. The summed E-state index contributed by atoms with van der Waals surface area (Å²) in [5.74, 6) is 0.981. The number of thiophene rings is 1.